The van der Waals surface area contributed by atoms with E-state index >= 15 is 0 Å². The van der Waals surface area contributed by atoms with Crippen LogP contribution in [0.1, 0.15) is 25.5 Å². The van der Waals surface area contributed by atoms with Crippen LogP contribution in [0.4, 0.5) is 11.5 Å². The van der Waals surface area contributed by atoms with E-state index in [1.807, 2.05) is 46.6 Å². The zero-order valence-corrected chi connectivity index (χ0v) is 24.6. The Kier molecular flexibility index (Phi) is 6.81. The van der Waals surface area contributed by atoms with Crippen molar-refractivity contribution in [3.05, 3.63) is 70.8 Å². The number of ether oxygens (including phenoxy) is 2. The normalized spacial score (nSPS) is 17.5. The third kappa shape index (κ3) is 4.62. The van der Waals surface area contributed by atoms with Gasteiger partial charge in [-0.3, -0.25) is 0 Å². The predicted octanol–water partition coefficient (Wildman–Crippen LogP) is 5.51. The van der Waals surface area contributed by atoms with Gasteiger partial charge in [0.2, 0.25) is 5.89 Å². The van der Waals surface area contributed by atoms with Gasteiger partial charge in [0.05, 0.1) is 36.1 Å². The molecule has 2 fully saturated rings. The van der Waals surface area contributed by atoms with Crippen LogP contribution < -0.4 is 16.3 Å². The lowest BCUT2D eigenvalue weighted by Crippen LogP contribution is -2.36. The molecule has 6 aromatic rings. The molecule has 11 nitrogen and oxygen atoms in total. The molecule has 2 N–H and O–H groups in total. The Morgan fingerprint density at radius 2 is 1.89 bits per heavy atom. The number of hydrogen-bond donors (Lipinski definition) is 1. The molecule has 2 aliphatic rings. The van der Waals surface area contributed by atoms with E-state index in [0.29, 0.717) is 41.1 Å². The first-order chi connectivity index (χ1) is 21.7. The summed E-state index contributed by atoms with van der Waals surface area (Å²) in [6.07, 6.45) is 8.23. The molecule has 0 spiro atoms. The van der Waals surface area contributed by atoms with E-state index in [1.54, 1.807) is 18.5 Å². The average Bonchev–Trinajstić information content (AvgIpc) is 3.77. The monoisotopic (exact) mass is 607 g/mol. The second-order valence-corrected chi connectivity index (χ2v) is 11.8. The quantitative estimate of drug-likeness (QED) is 0.250. The fourth-order valence-electron chi connectivity index (χ4n) is 6.11. The van der Waals surface area contributed by atoms with Crippen LogP contribution in [0.5, 0.6) is 0 Å². The summed E-state index contributed by atoms with van der Waals surface area (Å²) in [7, 11) is 0. The Morgan fingerprint density at radius 3 is 2.70 bits per heavy atom. The predicted molar refractivity (Wildman–Crippen MR) is 170 cm³/mol. The summed E-state index contributed by atoms with van der Waals surface area (Å²) < 4.78 is 19.3. The number of benzene rings is 2. The van der Waals surface area contributed by atoms with E-state index < -0.39 is 5.63 Å². The van der Waals surface area contributed by atoms with Gasteiger partial charge in [-0.1, -0.05) is 12.1 Å². The molecule has 2 aliphatic heterocycles. The Labute approximate surface area is 255 Å². The summed E-state index contributed by atoms with van der Waals surface area (Å²) in [4.78, 5) is 29.9. The van der Waals surface area contributed by atoms with Gasteiger partial charge >= 0.3 is 5.63 Å². The van der Waals surface area contributed by atoms with Crippen LogP contribution in [0.2, 0.25) is 0 Å². The smallest absolute Gasteiger partial charge is 0.349 e. The zero-order valence-electron chi connectivity index (χ0n) is 23.8. The highest BCUT2D eigenvalue weighted by molar-refractivity contribution is 7.13. The van der Waals surface area contributed by atoms with Crippen LogP contribution in [-0.4, -0.2) is 57.6 Å². The minimum absolute atomic E-state index is 0.108. The van der Waals surface area contributed by atoms with Crippen LogP contribution >= 0.6 is 11.3 Å². The summed E-state index contributed by atoms with van der Waals surface area (Å²) in [6, 6.07) is 11.7. The highest BCUT2D eigenvalue weighted by atomic mass is 32.1. The van der Waals surface area contributed by atoms with Crippen LogP contribution in [0.3, 0.4) is 0 Å². The van der Waals surface area contributed by atoms with Gasteiger partial charge < -0.3 is 24.5 Å². The summed E-state index contributed by atoms with van der Waals surface area (Å²) in [5, 5.41) is 8.47. The van der Waals surface area contributed by atoms with Crippen LogP contribution in [0.25, 0.3) is 55.0 Å². The van der Waals surface area contributed by atoms with Gasteiger partial charge in [-0.05, 0) is 49.1 Å². The van der Waals surface area contributed by atoms with E-state index in [2.05, 4.69) is 14.9 Å². The molecule has 8 rings (SSSR count). The minimum atomic E-state index is -0.564. The summed E-state index contributed by atoms with van der Waals surface area (Å²) in [5.41, 5.74) is 10.8. The number of nitrogens with zero attached hydrogens (tertiary/aromatic N) is 6. The molecule has 222 valence electrons. The number of morpholine rings is 1. The molecule has 2 saturated heterocycles. The standard InChI is InChI=1S/C32H29N7O4S/c33-28-21(20-4-3-5-24-23(20)18-36-39(24)26-6-1-2-12-42-26)17-22(31-35-9-15-44-31)29-27(28)32(40)43-30(37-29)19-7-8-34-25(16-19)38-10-13-41-14-11-38/h3-5,7-9,15-18,26H,1-2,6,10-14,33H2. The molecule has 4 aromatic heterocycles. The third-order valence-corrected chi connectivity index (χ3v) is 9.10. The van der Waals surface area contributed by atoms with E-state index in [9.17, 15) is 4.79 Å². The van der Waals surface area contributed by atoms with Gasteiger partial charge in [-0.15, -0.1) is 11.3 Å². The Bertz CT molecular complexity index is 2040. The molecule has 2 aromatic carbocycles. The number of pyridine rings is 1. The van der Waals surface area contributed by atoms with Crippen LogP contribution in [-0.2, 0) is 9.47 Å². The molecule has 12 heteroatoms. The second-order valence-electron chi connectivity index (χ2n) is 10.9. The number of rotatable bonds is 5. The molecule has 0 amide bonds. The highest BCUT2D eigenvalue weighted by Crippen LogP contribution is 2.41. The molecule has 0 bridgehead atoms. The summed E-state index contributed by atoms with van der Waals surface area (Å²) >= 11 is 1.47. The topological polar surface area (TPSA) is 134 Å². The largest absolute Gasteiger partial charge is 0.403 e. The lowest BCUT2D eigenvalue weighted by atomic mass is 9.95. The number of aromatic nitrogens is 5. The Balaban J connectivity index is 1.30. The summed E-state index contributed by atoms with van der Waals surface area (Å²) in [5.74, 6) is 0.970. The molecule has 44 heavy (non-hydrogen) atoms. The molecule has 1 atom stereocenters. The molecule has 0 aliphatic carbocycles. The number of nitrogen functional groups attached to an aromatic ring is 1. The maximum Gasteiger partial charge on any atom is 0.349 e. The fourth-order valence-corrected chi connectivity index (χ4v) is 6.76. The highest BCUT2D eigenvalue weighted by Gasteiger charge is 2.24. The number of fused-ring (bicyclic) bond motifs is 2. The first-order valence-electron chi connectivity index (χ1n) is 14.7. The number of thiazole rings is 1. The summed E-state index contributed by atoms with van der Waals surface area (Å²) in [6.45, 7) is 3.46. The minimum Gasteiger partial charge on any atom is -0.403 e. The van der Waals surface area contributed by atoms with Crippen molar-refractivity contribution < 1.29 is 13.9 Å². The molecule has 0 radical (unpaired) electrons. The number of anilines is 2. The van der Waals surface area contributed by atoms with Gasteiger partial charge in [0.1, 0.15) is 16.2 Å². The molecular weight excluding hydrogens is 578 g/mol. The Hall–Kier alpha value is -4.65. The van der Waals surface area contributed by atoms with Crippen molar-refractivity contribution in [2.45, 2.75) is 25.5 Å². The lowest BCUT2D eigenvalue weighted by Gasteiger charge is -2.27. The maximum absolute atomic E-state index is 13.8. The van der Waals surface area contributed by atoms with E-state index in [4.69, 9.17) is 29.7 Å². The molecule has 6 heterocycles. The molecular formula is C32H29N7O4S. The van der Waals surface area contributed by atoms with Gasteiger partial charge in [-0.25, -0.2) is 24.4 Å². The van der Waals surface area contributed by atoms with Gasteiger partial charge in [0, 0.05) is 59.5 Å². The molecule has 0 saturated carbocycles. The van der Waals surface area contributed by atoms with Crippen molar-refractivity contribution in [3.63, 3.8) is 0 Å². The molecule has 1 unspecified atom stereocenters. The van der Waals surface area contributed by atoms with E-state index in [0.717, 1.165) is 66.3 Å². The third-order valence-electron chi connectivity index (χ3n) is 8.30. The van der Waals surface area contributed by atoms with Crippen molar-refractivity contribution in [2.75, 3.05) is 43.5 Å². The Morgan fingerprint density at radius 1 is 0.977 bits per heavy atom. The van der Waals surface area contributed by atoms with Crippen molar-refractivity contribution in [2.24, 2.45) is 0 Å². The van der Waals surface area contributed by atoms with Crippen LogP contribution in [0, 0.1) is 0 Å². The van der Waals surface area contributed by atoms with Crippen molar-refractivity contribution in [1.82, 2.24) is 24.7 Å². The number of hydrogen-bond acceptors (Lipinski definition) is 11. The van der Waals surface area contributed by atoms with E-state index in [1.165, 1.54) is 11.3 Å². The number of nitrogens with two attached hydrogens (primary N) is 1. The van der Waals surface area contributed by atoms with Gasteiger partial charge in [0.25, 0.3) is 0 Å². The van der Waals surface area contributed by atoms with Crippen molar-refractivity contribution >= 4 is 44.6 Å². The first kappa shape index (κ1) is 26.9. The zero-order chi connectivity index (χ0) is 29.6. The SMILES string of the molecule is Nc1c(-c2cccc3c2cnn3C2CCCCO2)cc(-c2nccs2)c2nc(-c3ccnc(N4CCOCC4)c3)oc(=O)c12. The van der Waals surface area contributed by atoms with Crippen molar-refractivity contribution in [1.29, 1.82) is 0 Å². The van der Waals surface area contributed by atoms with Crippen molar-refractivity contribution in [3.8, 4) is 33.2 Å². The average molecular weight is 608 g/mol. The fraction of sp³-hybridized carbons (Fsp3) is 0.281. The van der Waals surface area contributed by atoms with Gasteiger partial charge in [-0.2, -0.15) is 5.10 Å². The second kappa shape index (κ2) is 11.1. The lowest BCUT2D eigenvalue weighted by molar-refractivity contribution is -0.0366. The van der Waals surface area contributed by atoms with Gasteiger partial charge in [0.15, 0.2) is 6.23 Å². The maximum atomic E-state index is 13.8. The van der Waals surface area contributed by atoms with Crippen LogP contribution in [0.15, 0.2) is 69.6 Å². The first-order valence-corrected chi connectivity index (χ1v) is 15.6. The van der Waals surface area contributed by atoms with E-state index in [-0.39, 0.29) is 17.5 Å².